The summed E-state index contributed by atoms with van der Waals surface area (Å²) < 4.78 is 2.02. The molecule has 0 aliphatic carbocycles. The van der Waals surface area contributed by atoms with E-state index in [2.05, 4.69) is 243 Å². The third kappa shape index (κ3) is 17.2. The van der Waals surface area contributed by atoms with E-state index in [4.69, 9.17) is 0 Å². The molecule has 0 unspecified atom stereocenters. The number of nitrogens with zero attached hydrogens (tertiary/aromatic N) is 3. The summed E-state index contributed by atoms with van der Waals surface area (Å²) in [5, 5.41) is 4.37. The Morgan fingerprint density at radius 2 is 0.691 bits per heavy atom. The minimum atomic E-state index is 0.0868. The van der Waals surface area contributed by atoms with Crippen LogP contribution in [0.25, 0.3) is 0 Å². The summed E-state index contributed by atoms with van der Waals surface area (Å²) >= 11 is 0. The Bertz CT molecular complexity index is 1520. The molecule has 0 bridgehead atoms. The van der Waals surface area contributed by atoms with Crippen LogP contribution in [0.5, 0.6) is 0 Å². The van der Waals surface area contributed by atoms with Crippen molar-refractivity contribution < 1.29 is 0 Å². The first-order valence-electron chi connectivity index (χ1n) is 20.6. The molecule has 0 atom stereocenters. The van der Waals surface area contributed by atoms with Crippen LogP contribution >= 0.6 is 0 Å². The Labute approximate surface area is 341 Å². The zero-order valence-electron chi connectivity index (χ0n) is 40.3. The quantitative estimate of drug-likeness (QED) is 0.179. The average Bonchev–Trinajstić information content (AvgIpc) is 3.53. The fourth-order valence-corrected chi connectivity index (χ4v) is 5.28. The molecule has 0 saturated heterocycles. The molecule has 2 heterocycles. The summed E-state index contributed by atoms with van der Waals surface area (Å²) in [5.41, 5.74) is 11.1. The first-order valence-corrected chi connectivity index (χ1v) is 20.6. The van der Waals surface area contributed by atoms with Crippen molar-refractivity contribution in [2.24, 2.45) is 0 Å². The molecule has 2 aromatic carbocycles. The Balaban J connectivity index is 0.000000367. The van der Waals surface area contributed by atoms with E-state index in [1.54, 1.807) is 0 Å². The van der Waals surface area contributed by atoms with Crippen molar-refractivity contribution in [3.05, 3.63) is 118 Å². The van der Waals surface area contributed by atoms with Gasteiger partial charge in [-0.3, -0.25) is 9.67 Å². The van der Waals surface area contributed by atoms with E-state index < -0.39 is 0 Å². The highest BCUT2D eigenvalue weighted by atomic mass is 15.3. The zero-order valence-corrected chi connectivity index (χ0v) is 40.3. The van der Waals surface area contributed by atoms with Gasteiger partial charge in [-0.1, -0.05) is 200 Å². The average molecular weight is 752 g/mol. The maximum absolute atomic E-state index is 4.52. The molecule has 0 N–H and O–H groups in total. The highest BCUT2D eigenvalue weighted by Gasteiger charge is 2.22. The second kappa shape index (κ2) is 17.9. The van der Waals surface area contributed by atoms with Gasteiger partial charge in [0.05, 0.1) is 11.7 Å². The monoisotopic (exact) mass is 752 g/mol. The van der Waals surface area contributed by atoms with Crippen LogP contribution in [0.4, 0.5) is 0 Å². The lowest BCUT2D eigenvalue weighted by Crippen LogP contribution is -2.22. The molecule has 4 rings (SSSR count). The molecule has 4 aromatic rings. The molecule has 0 radical (unpaired) electrons. The predicted octanol–water partition coefficient (Wildman–Crippen LogP) is 15.2. The maximum atomic E-state index is 4.52. The van der Waals surface area contributed by atoms with Gasteiger partial charge in [-0.2, -0.15) is 5.10 Å². The molecule has 308 valence electrons. The molecule has 0 spiro atoms. The van der Waals surface area contributed by atoms with E-state index in [1.807, 2.05) is 17.1 Å². The molecular weight excluding hydrogens is 667 g/mol. The van der Waals surface area contributed by atoms with Gasteiger partial charge in [0, 0.05) is 23.5 Å². The normalized spacial score (nSPS) is 13.1. The highest BCUT2D eigenvalue weighted by Crippen LogP contribution is 2.30. The Kier molecular flexibility index (Phi) is 16.3. The first-order chi connectivity index (χ1) is 24.3. The smallest absolute Gasteiger partial charge is 0.0543 e. The van der Waals surface area contributed by atoms with Crippen molar-refractivity contribution in [1.29, 1.82) is 0 Å². The van der Waals surface area contributed by atoms with Gasteiger partial charge >= 0.3 is 0 Å². The highest BCUT2D eigenvalue weighted by molar-refractivity contribution is 5.33. The summed E-state index contributed by atoms with van der Waals surface area (Å²) in [6, 6.07) is 22.3. The lowest BCUT2D eigenvalue weighted by molar-refractivity contribution is 0.354. The third-order valence-corrected chi connectivity index (χ3v) is 9.75. The minimum Gasteiger partial charge on any atom is -0.267 e. The SMILES string of the molecule is CC(C)(C)c1ccc(C(C)(C)C)cc1.CC(C)(C)c1ccc(C(C)(C)C)nc1.CC(C)(C)c1cccc(C(C)(C)C)c1.CC(C)(C)c1cnn(C(C)(C)C)c1. The van der Waals surface area contributed by atoms with Gasteiger partial charge in [-0.25, -0.2) is 0 Å². The molecule has 0 aliphatic rings. The molecular formula is C52H85N3. The third-order valence-electron chi connectivity index (χ3n) is 9.75. The second-order valence-electron chi connectivity index (χ2n) is 23.7. The Morgan fingerprint density at radius 1 is 0.345 bits per heavy atom. The number of benzene rings is 2. The van der Waals surface area contributed by atoms with Crippen LogP contribution in [0.15, 0.2) is 79.3 Å². The van der Waals surface area contributed by atoms with E-state index in [0.29, 0.717) is 0 Å². The summed E-state index contributed by atoms with van der Waals surface area (Å²) in [7, 11) is 0. The van der Waals surface area contributed by atoms with Crippen LogP contribution in [0.3, 0.4) is 0 Å². The predicted molar refractivity (Wildman–Crippen MR) is 245 cm³/mol. The van der Waals surface area contributed by atoms with Crippen molar-refractivity contribution in [2.75, 3.05) is 0 Å². The summed E-state index contributed by atoms with van der Waals surface area (Å²) in [6.07, 6.45) is 6.10. The standard InChI is InChI=1S/2C14H22.C13H21N.C11H20N2/c1-13(2,3)11-7-9-12(10-8-11)14(4,5)6;1-13(2,3)11-8-7-9-12(10-11)14(4,5)6;1-12(2,3)10-7-8-11(14-9-10)13(4,5)6;1-10(2,3)9-7-12-13(8-9)11(4,5)6/h2*7-10H,1-6H3;7-9H,1-6H3;7-8H,1-6H3. The Morgan fingerprint density at radius 3 is 0.927 bits per heavy atom. The van der Waals surface area contributed by atoms with Gasteiger partial charge < -0.3 is 0 Å². The second-order valence-corrected chi connectivity index (χ2v) is 23.7. The van der Waals surface area contributed by atoms with E-state index >= 15 is 0 Å². The summed E-state index contributed by atoms with van der Waals surface area (Å²) in [5.74, 6) is 0. The van der Waals surface area contributed by atoms with E-state index in [0.717, 1.165) is 5.69 Å². The van der Waals surface area contributed by atoms with Crippen LogP contribution < -0.4 is 0 Å². The molecule has 2 aromatic heterocycles. The molecule has 0 amide bonds. The molecule has 3 heteroatoms. The zero-order chi connectivity index (χ0) is 43.2. The van der Waals surface area contributed by atoms with Crippen molar-refractivity contribution in [1.82, 2.24) is 14.8 Å². The van der Waals surface area contributed by atoms with Crippen molar-refractivity contribution >= 4 is 0 Å². The van der Waals surface area contributed by atoms with E-state index in [-0.39, 0.29) is 43.4 Å². The summed E-state index contributed by atoms with van der Waals surface area (Å²) in [4.78, 5) is 4.52. The lowest BCUT2D eigenvalue weighted by atomic mass is 9.81. The van der Waals surface area contributed by atoms with Crippen LogP contribution in [-0.4, -0.2) is 14.8 Å². The van der Waals surface area contributed by atoms with Crippen molar-refractivity contribution in [2.45, 2.75) is 210 Å². The van der Waals surface area contributed by atoms with Gasteiger partial charge in [0.15, 0.2) is 0 Å². The van der Waals surface area contributed by atoms with Gasteiger partial charge in [0.25, 0.3) is 0 Å². The Hall–Kier alpha value is -3.20. The number of rotatable bonds is 0. The number of hydrogen-bond donors (Lipinski definition) is 0. The van der Waals surface area contributed by atoms with Gasteiger partial charge in [0.2, 0.25) is 0 Å². The minimum absolute atomic E-state index is 0.0868. The fourth-order valence-electron chi connectivity index (χ4n) is 5.28. The van der Waals surface area contributed by atoms with Gasteiger partial charge in [0.1, 0.15) is 0 Å². The van der Waals surface area contributed by atoms with Crippen LogP contribution in [-0.2, 0) is 43.4 Å². The molecule has 0 aliphatic heterocycles. The topological polar surface area (TPSA) is 30.7 Å². The number of aromatic nitrogens is 3. The maximum Gasteiger partial charge on any atom is 0.0543 e. The van der Waals surface area contributed by atoms with Gasteiger partial charge in [-0.05, 0) is 92.7 Å². The molecule has 0 saturated carbocycles. The number of pyridine rings is 1. The van der Waals surface area contributed by atoms with Crippen molar-refractivity contribution in [3.63, 3.8) is 0 Å². The largest absolute Gasteiger partial charge is 0.267 e. The van der Waals surface area contributed by atoms with Crippen LogP contribution in [0, 0.1) is 0 Å². The van der Waals surface area contributed by atoms with Crippen molar-refractivity contribution in [3.8, 4) is 0 Å². The first kappa shape index (κ1) is 49.8. The molecule has 3 nitrogen and oxygen atoms in total. The van der Waals surface area contributed by atoms with Gasteiger partial charge in [-0.15, -0.1) is 0 Å². The number of hydrogen-bond acceptors (Lipinski definition) is 2. The molecule has 55 heavy (non-hydrogen) atoms. The molecule has 0 fully saturated rings. The van der Waals surface area contributed by atoms with E-state index in [1.165, 1.54) is 33.4 Å². The fraction of sp³-hybridized carbons (Fsp3) is 0.615. The van der Waals surface area contributed by atoms with Crippen LogP contribution in [0.1, 0.15) is 205 Å². The summed E-state index contributed by atoms with van der Waals surface area (Å²) in [6.45, 7) is 53.3. The van der Waals surface area contributed by atoms with Crippen LogP contribution in [0.2, 0.25) is 0 Å². The van der Waals surface area contributed by atoms with E-state index in [9.17, 15) is 0 Å². The lowest BCUT2D eigenvalue weighted by Gasteiger charge is -2.24.